The summed E-state index contributed by atoms with van der Waals surface area (Å²) in [4.78, 5) is 13.5. The second kappa shape index (κ2) is 2.94. The fourth-order valence-electron chi connectivity index (χ4n) is 1.43. The van der Waals surface area contributed by atoms with Crippen molar-refractivity contribution in [1.29, 1.82) is 0 Å². The summed E-state index contributed by atoms with van der Waals surface area (Å²) in [5.74, 6) is 0. The van der Waals surface area contributed by atoms with Crippen molar-refractivity contribution in [3.8, 4) is 0 Å². The number of alkyl halides is 1. The van der Waals surface area contributed by atoms with E-state index in [1.807, 2.05) is 6.07 Å². The van der Waals surface area contributed by atoms with Gasteiger partial charge in [0.25, 0.3) is 0 Å². The van der Waals surface area contributed by atoms with E-state index in [4.69, 9.17) is 0 Å². The summed E-state index contributed by atoms with van der Waals surface area (Å²) in [5, 5.41) is 0.910. The van der Waals surface area contributed by atoms with Crippen LogP contribution in [0.15, 0.2) is 30.5 Å². The van der Waals surface area contributed by atoms with Crippen LogP contribution < -0.4 is 0 Å². The number of hydrogen-bond donors (Lipinski definition) is 1. The van der Waals surface area contributed by atoms with Crippen LogP contribution in [0, 0.1) is 0 Å². The summed E-state index contributed by atoms with van der Waals surface area (Å²) >= 11 is 0. The Balaban J connectivity index is 2.59. The van der Waals surface area contributed by atoms with E-state index in [9.17, 15) is 9.18 Å². The van der Waals surface area contributed by atoms with Gasteiger partial charge in [-0.2, -0.15) is 0 Å². The third-order valence-electron chi connectivity index (χ3n) is 2.34. The molecule has 1 aromatic carbocycles. The van der Waals surface area contributed by atoms with E-state index in [2.05, 4.69) is 4.98 Å². The Morgan fingerprint density at radius 1 is 1.43 bits per heavy atom. The van der Waals surface area contributed by atoms with E-state index in [-0.39, 0.29) is 0 Å². The van der Waals surface area contributed by atoms with Crippen LogP contribution in [0.1, 0.15) is 12.5 Å². The molecule has 1 unspecified atom stereocenters. The smallest absolute Gasteiger partial charge is 0.188 e. The molecule has 1 heterocycles. The second-order valence-corrected chi connectivity index (χ2v) is 3.47. The van der Waals surface area contributed by atoms with Crippen molar-refractivity contribution in [1.82, 2.24) is 4.98 Å². The van der Waals surface area contributed by atoms with Crippen molar-refractivity contribution >= 4 is 17.2 Å². The van der Waals surface area contributed by atoms with Crippen LogP contribution in [-0.2, 0) is 10.5 Å². The number of aldehydes is 1. The molecule has 0 bridgehead atoms. The van der Waals surface area contributed by atoms with Gasteiger partial charge < -0.3 is 4.98 Å². The van der Waals surface area contributed by atoms with E-state index in [0.29, 0.717) is 11.8 Å². The number of fused-ring (bicyclic) bond motifs is 1. The maximum Gasteiger partial charge on any atom is 0.188 e. The molecule has 1 atom stereocenters. The molecule has 2 aromatic rings. The molecule has 1 aromatic heterocycles. The number of H-pyrrole nitrogens is 1. The highest BCUT2D eigenvalue weighted by molar-refractivity contribution is 5.81. The summed E-state index contributed by atoms with van der Waals surface area (Å²) in [6.45, 7) is 1.26. The van der Waals surface area contributed by atoms with Gasteiger partial charge in [-0.3, -0.25) is 4.79 Å². The maximum absolute atomic E-state index is 13.6. The van der Waals surface area contributed by atoms with Gasteiger partial charge in [-0.25, -0.2) is 4.39 Å². The molecule has 2 rings (SSSR count). The van der Waals surface area contributed by atoms with Crippen molar-refractivity contribution in [3.63, 3.8) is 0 Å². The zero-order valence-electron chi connectivity index (χ0n) is 7.75. The van der Waals surface area contributed by atoms with E-state index >= 15 is 0 Å². The molecule has 72 valence electrons. The predicted octanol–water partition coefficient (Wildman–Crippen LogP) is 2.55. The molecule has 0 aliphatic carbocycles. The minimum Gasteiger partial charge on any atom is -0.361 e. The van der Waals surface area contributed by atoms with Crippen LogP contribution >= 0.6 is 0 Å². The third-order valence-corrected chi connectivity index (χ3v) is 2.34. The van der Waals surface area contributed by atoms with Gasteiger partial charge in [-0.05, 0) is 36.1 Å². The van der Waals surface area contributed by atoms with Crippen LogP contribution in [0.2, 0.25) is 0 Å². The van der Waals surface area contributed by atoms with Gasteiger partial charge in [0.05, 0.1) is 0 Å². The SMILES string of the molecule is CC(F)(C=O)c1ccc2[nH]ccc2c1. The van der Waals surface area contributed by atoms with Gasteiger partial charge in [0, 0.05) is 11.7 Å². The van der Waals surface area contributed by atoms with Gasteiger partial charge in [-0.15, -0.1) is 0 Å². The molecular weight excluding hydrogens is 181 g/mol. The Kier molecular flexibility index (Phi) is 1.88. The van der Waals surface area contributed by atoms with Crippen molar-refractivity contribution in [2.75, 3.05) is 0 Å². The van der Waals surface area contributed by atoms with Crippen molar-refractivity contribution in [2.45, 2.75) is 12.6 Å². The Morgan fingerprint density at radius 3 is 2.93 bits per heavy atom. The Labute approximate surface area is 80.7 Å². The van der Waals surface area contributed by atoms with E-state index < -0.39 is 5.67 Å². The predicted molar refractivity (Wildman–Crippen MR) is 52.8 cm³/mol. The first-order valence-electron chi connectivity index (χ1n) is 4.36. The topological polar surface area (TPSA) is 32.9 Å². The largest absolute Gasteiger partial charge is 0.361 e. The molecule has 0 aliphatic rings. The van der Waals surface area contributed by atoms with Gasteiger partial charge in [0.2, 0.25) is 0 Å². The summed E-state index contributed by atoms with van der Waals surface area (Å²) in [7, 11) is 0. The number of benzene rings is 1. The molecule has 2 nitrogen and oxygen atoms in total. The van der Waals surface area contributed by atoms with Crippen LogP contribution in [0.4, 0.5) is 4.39 Å². The van der Waals surface area contributed by atoms with E-state index in [0.717, 1.165) is 10.9 Å². The number of carbonyl (C=O) groups excluding carboxylic acids is 1. The fraction of sp³-hybridized carbons (Fsp3) is 0.182. The number of carbonyl (C=O) groups is 1. The molecular formula is C11H10FNO. The number of nitrogens with one attached hydrogen (secondary N) is 1. The molecule has 0 fully saturated rings. The van der Waals surface area contributed by atoms with Crippen molar-refractivity contribution in [2.24, 2.45) is 0 Å². The number of halogens is 1. The van der Waals surface area contributed by atoms with Gasteiger partial charge in [-0.1, -0.05) is 6.07 Å². The third kappa shape index (κ3) is 1.31. The molecule has 0 radical (unpaired) electrons. The van der Waals surface area contributed by atoms with Crippen molar-refractivity contribution in [3.05, 3.63) is 36.0 Å². The van der Waals surface area contributed by atoms with Gasteiger partial charge >= 0.3 is 0 Å². The lowest BCUT2D eigenvalue weighted by Gasteiger charge is -2.12. The summed E-state index contributed by atoms with van der Waals surface area (Å²) in [6, 6.07) is 6.92. The average Bonchev–Trinajstić information content (AvgIpc) is 2.64. The zero-order valence-corrected chi connectivity index (χ0v) is 7.75. The average molecular weight is 191 g/mol. The fourth-order valence-corrected chi connectivity index (χ4v) is 1.43. The molecule has 0 amide bonds. The highest BCUT2D eigenvalue weighted by Crippen LogP contribution is 2.25. The zero-order chi connectivity index (χ0) is 10.2. The first-order valence-corrected chi connectivity index (χ1v) is 4.36. The molecule has 14 heavy (non-hydrogen) atoms. The molecule has 0 spiro atoms. The maximum atomic E-state index is 13.6. The lowest BCUT2D eigenvalue weighted by Crippen LogP contribution is -2.16. The monoisotopic (exact) mass is 191 g/mol. The number of aromatic nitrogens is 1. The first-order chi connectivity index (χ1) is 6.63. The van der Waals surface area contributed by atoms with E-state index in [1.165, 1.54) is 6.92 Å². The van der Waals surface area contributed by atoms with Crippen LogP contribution in [0.3, 0.4) is 0 Å². The summed E-state index contributed by atoms with van der Waals surface area (Å²) < 4.78 is 13.6. The first kappa shape index (κ1) is 8.94. The minimum absolute atomic E-state index is 0.320. The summed E-state index contributed by atoms with van der Waals surface area (Å²) in [5.41, 5.74) is -0.569. The standard InChI is InChI=1S/C11H10FNO/c1-11(12,7-14)9-2-3-10-8(6-9)4-5-13-10/h2-7,13H,1H3. The molecule has 0 aliphatic heterocycles. The normalized spacial score (nSPS) is 15.3. The lowest BCUT2D eigenvalue weighted by molar-refractivity contribution is -0.117. The number of rotatable bonds is 2. The molecule has 0 saturated heterocycles. The van der Waals surface area contributed by atoms with Crippen LogP contribution in [0.5, 0.6) is 0 Å². The Morgan fingerprint density at radius 2 is 2.21 bits per heavy atom. The highest BCUT2D eigenvalue weighted by atomic mass is 19.1. The second-order valence-electron chi connectivity index (χ2n) is 3.47. The molecule has 3 heteroatoms. The molecule has 0 saturated carbocycles. The van der Waals surface area contributed by atoms with Crippen molar-refractivity contribution < 1.29 is 9.18 Å². The minimum atomic E-state index is -1.90. The summed E-state index contributed by atoms with van der Waals surface area (Å²) in [6.07, 6.45) is 2.10. The molecule has 1 N–H and O–H groups in total. The Bertz CT molecular complexity index is 473. The van der Waals surface area contributed by atoms with Crippen LogP contribution in [-0.4, -0.2) is 11.3 Å². The van der Waals surface area contributed by atoms with Crippen LogP contribution in [0.25, 0.3) is 10.9 Å². The number of hydrogen-bond acceptors (Lipinski definition) is 1. The Hall–Kier alpha value is -1.64. The van der Waals surface area contributed by atoms with E-state index in [1.54, 1.807) is 24.4 Å². The highest BCUT2D eigenvalue weighted by Gasteiger charge is 2.24. The lowest BCUT2D eigenvalue weighted by atomic mass is 9.98. The van der Waals surface area contributed by atoms with Gasteiger partial charge in [0.1, 0.15) is 0 Å². The number of aromatic amines is 1. The quantitative estimate of drug-likeness (QED) is 0.727. The van der Waals surface area contributed by atoms with Gasteiger partial charge in [0.15, 0.2) is 12.0 Å².